The lowest BCUT2D eigenvalue weighted by Gasteiger charge is -2.07. The van der Waals surface area contributed by atoms with Crippen LogP contribution in [0.25, 0.3) is 0 Å². The minimum atomic E-state index is -3.31. The molecule has 1 aromatic rings. The van der Waals surface area contributed by atoms with Gasteiger partial charge in [0.2, 0.25) is 10.0 Å². The highest BCUT2D eigenvalue weighted by atomic mass is 127. The highest BCUT2D eigenvalue weighted by molar-refractivity contribution is 14.1. The van der Waals surface area contributed by atoms with Gasteiger partial charge in [0.05, 0.1) is 10.7 Å². The predicted molar refractivity (Wildman–Crippen MR) is 77.1 cm³/mol. The molecule has 0 radical (unpaired) electrons. The second-order valence-electron chi connectivity index (χ2n) is 3.37. The van der Waals surface area contributed by atoms with E-state index in [2.05, 4.69) is 10.0 Å². The maximum absolute atomic E-state index is 11.2. The third-order valence-corrected chi connectivity index (χ3v) is 4.19. The molecule has 9 heteroatoms. The van der Waals surface area contributed by atoms with E-state index < -0.39 is 14.9 Å². The van der Waals surface area contributed by atoms with Gasteiger partial charge in [0.25, 0.3) is 5.69 Å². The molecule has 7 nitrogen and oxygen atoms in total. The summed E-state index contributed by atoms with van der Waals surface area (Å²) >= 11 is 1.97. The van der Waals surface area contributed by atoms with Crippen LogP contribution in [0.1, 0.15) is 0 Å². The molecule has 0 aromatic heterocycles. The van der Waals surface area contributed by atoms with Crippen molar-refractivity contribution in [2.45, 2.75) is 0 Å². The molecule has 0 fully saturated rings. The number of nitro benzene ring substituents is 1. The van der Waals surface area contributed by atoms with Gasteiger partial charge >= 0.3 is 0 Å². The number of nitro groups is 1. The molecule has 0 saturated carbocycles. The molecule has 0 saturated heterocycles. The van der Waals surface area contributed by atoms with Crippen LogP contribution in [-0.4, -0.2) is 32.7 Å². The summed E-state index contributed by atoms with van der Waals surface area (Å²) < 4.78 is 25.3. The monoisotopic (exact) mass is 385 g/mol. The number of anilines is 1. The van der Waals surface area contributed by atoms with Crippen LogP contribution in [0, 0.1) is 13.7 Å². The van der Waals surface area contributed by atoms with Crippen molar-refractivity contribution in [1.29, 1.82) is 0 Å². The minimum Gasteiger partial charge on any atom is -0.378 e. The Morgan fingerprint density at radius 3 is 2.67 bits per heavy atom. The van der Waals surface area contributed by atoms with Crippen LogP contribution in [0.5, 0.6) is 0 Å². The molecule has 0 aliphatic carbocycles. The molecule has 18 heavy (non-hydrogen) atoms. The van der Waals surface area contributed by atoms with Crippen molar-refractivity contribution in [1.82, 2.24) is 4.72 Å². The average molecular weight is 385 g/mol. The number of hydrogen-bond acceptors (Lipinski definition) is 5. The third-order valence-electron chi connectivity index (χ3n) is 2.15. The van der Waals surface area contributed by atoms with E-state index in [0.717, 1.165) is 3.57 Å². The van der Waals surface area contributed by atoms with Crippen molar-refractivity contribution in [3.63, 3.8) is 0 Å². The summed E-state index contributed by atoms with van der Waals surface area (Å²) in [5.41, 5.74) is 0.246. The van der Waals surface area contributed by atoms with Gasteiger partial charge in [-0.1, -0.05) is 0 Å². The van der Waals surface area contributed by atoms with Crippen molar-refractivity contribution in [2.24, 2.45) is 0 Å². The molecule has 2 N–H and O–H groups in total. The number of halogens is 1. The Bertz CT molecular complexity index is 547. The topological polar surface area (TPSA) is 101 Å². The van der Waals surface area contributed by atoms with Crippen LogP contribution in [0.4, 0.5) is 11.4 Å². The standard InChI is InChI=1S/C9H12IN3O4S/c1-11-18(16,17)5-4-12-8-3-2-7(10)6-9(8)13(14)15/h2-3,6,11-12H,4-5H2,1H3. The first kappa shape index (κ1) is 15.1. The lowest BCUT2D eigenvalue weighted by atomic mass is 10.2. The van der Waals surface area contributed by atoms with Crippen LogP contribution in [0.2, 0.25) is 0 Å². The van der Waals surface area contributed by atoms with E-state index in [0.29, 0.717) is 5.69 Å². The summed E-state index contributed by atoms with van der Waals surface area (Å²) in [6.07, 6.45) is 0. The van der Waals surface area contributed by atoms with Gasteiger partial charge in [-0.15, -0.1) is 0 Å². The summed E-state index contributed by atoms with van der Waals surface area (Å²) in [5.74, 6) is -0.146. The molecule has 100 valence electrons. The molecule has 0 bridgehead atoms. The van der Waals surface area contributed by atoms with Gasteiger partial charge < -0.3 is 5.32 Å². The number of nitrogens with one attached hydrogen (secondary N) is 2. The Hall–Kier alpha value is -0.940. The molecule has 0 unspecified atom stereocenters. The Morgan fingerprint density at radius 1 is 1.44 bits per heavy atom. The number of hydrogen-bond donors (Lipinski definition) is 2. The molecule has 0 spiro atoms. The predicted octanol–water partition coefficient (Wildman–Crippen LogP) is 1.16. The lowest BCUT2D eigenvalue weighted by molar-refractivity contribution is -0.384. The zero-order chi connectivity index (χ0) is 13.8. The molecule has 1 rings (SSSR count). The Balaban J connectivity index is 2.77. The zero-order valence-electron chi connectivity index (χ0n) is 9.51. The number of nitrogens with zero attached hydrogens (tertiary/aromatic N) is 1. The number of benzene rings is 1. The number of sulfonamides is 1. The maximum atomic E-state index is 11.2. The fourth-order valence-corrected chi connectivity index (χ4v) is 2.28. The SMILES string of the molecule is CNS(=O)(=O)CCNc1ccc(I)cc1[N+](=O)[O-]. The summed E-state index contributed by atoms with van der Waals surface area (Å²) in [5, 5.41) is 13.6. The van der Waals surface area contributed by atoms with E-state index in [4.69, 9.17) is 0 Å². The molecule has 0 amide bonds. The van der Waals surface area contributed by atoms with Crippen molar-refractivity contribution < 1.29 is 13.3 Å². The van der Waals surface area contributed by atoms with E-state index in [-0.39, 0.29) is 18.0 Å². The number of rotatable bonds is 6. The smallest absolute Gasteiger partial charge is 0.293 e. The summed E-state index contributed by atoms with van der Waals surface area (Å²) in [4.78, 5) is 10.3. The maximum Gasteiger partial charge on any atom is 0.293 e. The average Bonchev–Trinajstić information content (AvgIpc) is 2.30. The normalized spacial score (nSPS) is 11.2. The first-order valence-corrected chi connectivity index (χ1v) is 7.68. The van der Waals surface area contributed by atoms with Crippen molar-refractivity contribution in [3.8, 4) is 0 Å². The summed E-state index contributed by atoms with van der Waals surface area (Å²) in [6.45, 7) is 0.102. The largest absolute Gasteiger partial charge is 0.378 e. The van der Waals surface area contributed by atoms with Gasteiger partial charge in [-0.3, -0.25) is 10.1 Å². The molecule has 0 atom stereocenters. The second-order valence-corrected chi connectivity index (χ2v) is 6.66. The molecular formula is C9H12IN3O4S. The van der Waals surface area contributed by atoms with Gasteiger partial charge in [-0.2, -0.15) is 0 Å². The van der Waals surface area contributed by atoms with E-state index in [9.17, 15) is 18.5 Å². The van der Waals surface area contributed by atoms with Crippen LogP contribution >= 0.6 is 22.6 Å². The Kier molecular flexibility index (Phi) is 5.28. The van der Waals surface area contributed by atoms with Crippen molar-refractivity contribution in [3.05, 3.63) is 31.9 Å². The van der Waals surface area contributed by atoms with Crippen molar-refractivity contribution in [2.75, 3.05) is 24.7 Å². The van der Waals surface area contributed by atoms with E-state index in [1.54, 1.807) is 12.1 Å². The lowest BCUT2D eigenvalue weighted by Crippen LogP contribution is -2.26. The summed E-state index contributed by atoms with van der Waals surface area (Å²) in [7, 11) is -1.99. The van der Waals surface area contributed by atoms with Gasteiger partial charge in [0, 0.05) is 16.2 Å². The van der Waals surface area contributed by atoms with E-state index >= 15 is 0 Å². The zero-order valence-corrected chi connectivity index (χ0v) is 12.5. The van der Waals surface area contributed by atoms with E-state index in [1.165, 1.54) is 13.1 Å². The minimum absolute atomic E-state index is 0.0660. The van der Waals surface area contributed by atoms with Crippen LogP contribution in [0.15, 0.2) is 18.2 Å². The first-order chi connectivity index (χ1) is 8.35. The second kappa shape index (κ2) is 6.29. The summed E-state index contributed by atoms with van der Waals surface area (Å²) in [6, 6.07) is 4.70. The molecule has 1 aromatic carbocycles. The Labute approximate surface area is 118 Å². The molecular weight excluding hydrogens is 373 g/mol. The Morgan fingerprint density at radius 2 is 2.11 bits per heavy atom. The molecule has 0 aliphatic heterocycles. The quantitative estimate of drug-likeness (QED) is 0.435. The fourth-order valence-electron chi connectivity index (χ4n) is 1.23. The molecule has 0 heterocycles. The van der Waals surface area contributed by atoms with Gasteiger partial charge in [0.15, 0.2) is 0 Å². The van der Waals surface area contributed by atoms with Gasteiger partial charge in [-0.25, -0.2) is 13.1 Å². The highest BCUT2D eigenvalue weighted by Crippen LogP contribution is 2.25. The van der Waals surface area contributed by atoms with Gasteiger partial charge in [-0.05, 0) is 41.8 Å². The van der Waals surface area contributed by atoms with Crippen LogP contribution in [0.3, 0.4) is 0 Å². The highest BCUT2D eigenvalue weighted by Gasteiger charge is 2.14. The molecule has 0 aliphatic rings. The van der Waals surface area contributed by atoms with Gasteiger partial charge in [0.1, 0.15) is 5.69 Å². The van der Waals surface area contributed by atoms with Crippen molar-refractivity contribution >= 4 is 44.0 Å². The van der Waals surface area contributed by atoms with Crippen LogP contribution < -0.4 is 10.0 Å². The fraction of sp³-hybridized carbons (Fsp3) is 0.333. The van der Waals surface area contributed by atoms with E-state index in [1.807, 2.05) is 22.6 Å². The first-order valence-electron chi connectivity index (χ1n) is 4.95. The van der Waals surface area contributed by atoms with Crippen LogP contribution in [-0.2, 0) is 10.0 Å². The third kappa shape index (κ3) is 4.38.